The van der Waals surface area contributed by atoms with Gasteiger partial charge in [-0.05, 0) is 12.1 Å². The predicted octanol–water partition coefficient (Wildman–Crippen LogP) is 6.74. The standard InChI is InChI=1S/C15H5F17O3/c16-8(17,10(20,21)12(24,25)14(28,29)30)9(18,19)11(22,23)13(26,27)15(31,32)35-34-7(33)6-4-2-1-3-5-6/h1-5H. The van der Waals surface area contributed by atoms with Gasteiger partial charge in [0.1, 0.15) is 0 Å². The van der Waals surface area contributed by atoms with Gasteiger partial charge in [-0.1, -0.05) is 18.2 Å². The maximum atomic E-state index is 13.5. The van der Waals surface area contributed by atoms with Gasteiger partial charge in [-0.2, -0.15) is 74.6 Å². The largest absolute Gasteiger partial charge is 0.461 e. The van der Waals surface area contributed by atoms with Crippen LogP contribution in [0.5, 0.6) is 0 Å². The highest BCUT2D eigenvalue weighted by molar-refractivity contribution is 5.88. The van der Waals surface area contributed by atoms with Crippen LogP contribution < -0.4 is 0 Å². The Morgan fingerprint density at radius 1 is 0.514 bits per heavy atom. The molecule has 202 valence electrons. The van der Waals surface area contributed by atoms with Crippen molar-refractivity contribution in [3.8, 4) is 0 Å². The predicted molar refractivity (Wildman–Crippen MR) is 73.6 cm³/mol. The number of carbonyl (C=O) groups is 1. The molecule has 0 bridgehead atoms. The van der Waals surface area contributed by atoms with E-state index >= 15 is 0 Å². The summed E-state index contributed by atoms with van der Waals surface area (Å²) in [6, 6.07) is 4.48. The van der Waals surface area contributed by atoms with Crippen LogP contribution >= 0.6 is 0 Å². The fourth-order valence-electron chi connectivity index (χ4n) is 1.91. The molecular weight excluding hydrogens is 551 g/mol. The van der Waals surface area contributed by atoms with E-state index in [-0.39, 0.29) is 0 Å². The van der Waals surface area contributed by atoms with Gasteiger partial charge in [0.05, 0.1) is 5.56 Å². The first-order valence-electron chi connectivity index (χ1n) is 7.90. The van der Waals surface area contributed by atoms with E-state index in [0.29, 0.717) is 12.1 Å². The zero-order valence-corrected chi connectivity index (χ0v) is 15.5. The van der Waals surface area contributed by atoms with Crippen molar-refractivity contribution in [2.24, 2.45) is 0 Å². The Bertz CT molecular complexity index is 907. The molecule has 1 aromatic rings. The van der Waals surface area contributed by atoms with E-state index in [0.717, 1.165) is 12.1 Å². The summed E-state index contributed by atoms with van der Waals surface area (Å²) in [7, 11) is 0. The van der Waals surface area contributed by atoms with Gasteiger partial charge in [0.25, 0.3) is 0 Å². The van der Waals surface area contributed by atoms with Crippen LogP contribution in [0.3, 0.4) is 0 Å². The van der Waals surface area contributed by atoms with E-state index < -0.39 is 59.4 Å². The van der Waals surface area contributed by atoms with Gasteiger partial charge in [0.15, 0.2) is 0 Å². The Morgan fingerprint density at radius 3 is 1.23 bits per heavy atom. The van der Waals surface area contributed by atoms with Crippen LogP contribution in [0.4, 0.5) is 74.6 Å². The molecule has 0 aliphatic carbocycles. The van der Waals surface area contributed by atoms with Crippen molar-refractivity contribution in [1.29, 1.82) is 0 Å². The molecule has 0 atom stereocenters. The molecule has 0 saturated carbocycles. The Labute approximate surface area is 180 Å². The molecular formula is C15H5F17O3. The number of hydrogen-bond acceptors (Lipinski definition) is 3. The Morgan fingerprint density at radius 2 is 0.857 bits per heavy atom. The SMILES string of the molecule is O=C(OOC(F)(F)C(F)(F)C(F)(F)C(F)(F)C(F)(F)C(F)(F)C(F)(F)C(F)(F)F)c1ccccc1. The van der Waals surface area contributed by atoms with Crippen LogP contribution in [0, 0.1) is 0 Å². The minimum absolute atomic E-state index is 0.689. The third-order valence-corrected chi connectivity index (χ3v) is 3.92. The normalized spacial score (nSPS) is 15.2. The molecule has 0 amide bonds. The minimum Gasteiger partial charge on any atom is -0.286 e. The van der Waals surface area contributed by atoms with Gasteiger partial charge in [-0.25, -0.2) is 4.79 Å². The maximum Gasteiger partial charge on any atom is 0.461 e. The zero-order valence-electron chi connectivity index (χ0n) is 15.5. The second kappa shape index (κ2) is 8.54. The molecule has 0 aliphatic heterocycles. The van der Waals surface area contributed by atoms with Gasteiger partial charge in [0, 0.05) is 0 Å². The summed E-state index contributed by atoms with van der Waals surface area (Å²) in [6.45, 7) is 0. The van der Waals surface area contributed by atoms with Gasteiger partial charge in [0.2, 0.25) is 0 Å². The van der Waals surface area contributed by atoms with E-state index in [1.54, 1.807) is 0 Å². The molecule has 35 heavy (non-hydrogen) atoms. The van der Waals surface area contributed by atoms with Gasteiger partial charge >= 0.3 is 53.8 Å². The number of carbonyl (C=O) groups excluding carboxylic acids is 1. The van der Waals surface area contributed by atoms with Crippen LogP contribution in [0.15, 0.2) is 30.3 Å². The van der Waals surface area contributed by atoms with Crippen molar-refractivity contribution >= 4 is 5.97 Å². The van der Waals surface area contributed by atoms with E-state index in [4.69, 9.17) is 0 Å². The lowest BCUT2D eigenvalue weighted by Gasteiger charge is -2.42. The van der Waals surface area contributed by atoms with Crippen LogP contribution in [-0.4, -0.2) is 53.8 Å². The summed E-state index contributed by atoms with van der Waals surface area (Å²) in [5, 5.41) is 0. The van der Waals surface area contributed by atoms with Gasteiger partial charge < -0.3 is 0 Å². The Balaban J connectivity index is 3.42. The Hall–Kier alpha value is -2.54. The van der Waals surface area contributed by atoms with Crippen molar-refractivity contribution in [2.45, 2.75) is 47.8 Å². The first-order valence-corrected chi connectivity index (χ1v) is 7.90. The quantitative estimate of drug-likeness (QED) is 0.192. The van der Waals surface area contributed by atoms with E-state index in [1.807, 2.05) is 0 Å². The van der Waals surface area contributed by atoms with Crippen molar-refractivity contribution in [3.05, 3.63) is 35.9 Å². The molecule has 20 heteroatoms. The minimum atomic E-state index is -8.76. The van der Waals surface area contributed by atoms with E-state index in [1.165, 1.54) is 6.07 Å². The van der Waals surface area contributed by atoms with Crippen molar-refractivity contribution in [3.63, 3.8) is 0 Å². The third kappa shape index (κ3) is 4.44. The highest BCUT2D eigenvalue weighted by atomic mass is 19.4. The summed E-state index contributed by atoms with van der Waals surface area (Å²) >= 11 is 0. The average molecular weight is 556 g/mol. The first-order chi connectivity index (χ1) is 15.2. The molecule has 0 radical (unpaired) electrons. The molecule has 0 saturated heterocycles. The molecule has 0 heterocycles. The average Bonchev–Trinajstić information content (AvgIpc) is 2.70. The van der Waals surface area contributed by atoms with E-state index in [9.17, 15) is 79.4 Å². The summed E-state index contributed by atoms with van der Waals surface area (Å²) in [5.74, 6) is -53.3. The molecule has 0 fully saturated rings. The number of alkyl halides is 17. The number of benzene rings is 1. The fraction of sp³-hybridized carbons (Fsp3) is 0.533. The number of rotatable bonds is 9. The number of hydrogen-bond donors (Lipinski definition) is 0. The third-order valence-electron chi connectivity index (χ3n) is 3.92. The summed E-state index contributed by atoms with van der Waals surface area (Å²) in [5.41, 5.74) is -0.843. The zero-order chi connectivity index (χ0) is 28.1. The lowest BCUT2D eigenvalue weighted by molar-refractivity contribution is -0.512. The van der Waals surface area contributed by atoms with Crippen molar-refractivity contribution in [2.75, 3.05) is 0 Å². The lowest BCUT2D eigenvalue weighted by atomic mass is 9.90. The summed E-state index contributed by atoms with van der Waals surface area (Å²) < 4.78 is 222. The second-order valence-electron chi connectivity index (χ2n) is 6.28. The Kier molecular flexibility index (Phi) is 7.44. The topological polar surface area (TPSA) is 35.5 Å². The highest BCUT2D eigenvalue weighted by Gasteiger charge is 2.95. The summed E-state index contributed by atoms with van der Waals surface area (Å²) in [6.07, 6.45) is -15.1. The molecule has 0 spiro atoms. The van der Waals surface area contributed by atoms with Crippen LogP contribution in [0.25, 0.3) is 0 Å². The van der Waals surface area contributed by atoms with Crippen molar-refractivity contribution in [1.82, 2.24) is 0 Å². The fourth-order valence-corrected chi connectivity index (χ4v) is 1.91. The van der Waals surface area contributed by atoms with Gasteiger partial charge in [-0.15, -0.1) is 4.89 Å². The van der Waals surface area contributed by atoms with E-state index in [2.05, 4.69) is 9.78 Å². The molecule has 0 aromatic heterocycles. The molecule has 3 nitrogen and oxygen atoms in total. The molecule has 0 aliphatic rings. The molecule has 1 rings (SSSR count). The number of halogens is 17. The monoisotopic (exact) mass is 556 g/mol. The molecule has 0 N–H and O–H groups in total. The smallest absolute Gasteiger partial charge is 0.286 e. The van der Waals surface area contributed by atoms with Gasteiger partial charge in [-0.3, -0.25) is 4.89 Å². The first kappa shape index (κ1) is 30.5. The van der Waals surface area contributed by atoms with Crippen molar-refractivity contribution < 1.29 is 89.2 Å². The van der Waals surface area contributed by atoms with Crippen LogP contribution in [0.1, 0.15) is 10.4 Å². The van der Waals surface area contributed by atoms with Crippen LogP contribution in [-0.2, 0) is 9.78 Å². The molecule has 0 unspecified atom stereocenters. The lowest BCUT2D eigenvalue weighted by Crippen LogP contribution is -2.74. The maximum absolute atomic E-state index is 13.5. The highest BCUT2D eigenvalue weighted by Crippen LogP contribution is 2.64. The second-order valence-corrected chi connectivity index (χ2v) is 6.28. The molecule has 1 aromatic carbocycles. The van der Waals surface area contributed by atoms with Crippen LogP contribution in [0.2, 0.25) is 0 Å². The summed E-state index contributed by atoms with van der Waals surface area (Å²) in [4.78, 5) is 16.6.